The topological polar surface area (TPSA) is 125 Å². The maximum Gasteiger partial charge on any atom is 0.235 e. The first-order chi connectivity index (χ1) is 10.5. The highest BCUT2D eigenvalue weighted by atomic mass is 16.2. The molecule has 8 nitrogen and oxygen atoms in total. The lowest BCUT2D eigenvalue weighted by Crippen LogP contribution is -2.47. The number of hydrogen-bond donors (Lipinski definition) is 5. The third-order valence-electron chi connectivity index (χ3n) is 3.47. The first kappa shape index (κ1) is 35.7. The molecule has 0 rings (SSSR count). The molecule has 0 fully saturated rings. The van der Waals surface area contributed by atoms with E-state index in [9.17, 15) is 14.4 Å². The van der Waals surface area contributed by atoms with Crippen LogP contribution in [0.5, 0.6) is 0 Å². The normalized spacial score (nSPS) is 11.4. The van der Waals surface area contributed by atoms with E-state index in [-0.39, 0.29) is 60.3 Å². The molecular formula is C18H45N5O3. The number of hydrogen-bond acceptors (Lipinski definition) is 7. The maximum absolute atomic E-state index is 12.1. The zero-order chi connectivity index (χ0) is 17.0. The van der Waals surface area contributed by atoms with Crippen molar-refractivity contribution in [3.63, 3.8) is 0 Å². The number of Topliss-reactive ketones (excluding diaryl/α,β-unsaturated/α-hetero) is 2. The van der Waals surface area contributed by atoms with E-state index in [1.807, 2.05) is 12.5 Å². The smallest absolute Gasteiger partial charge is 0.235 e. The van der Waals surface area contributed by atoms with E-state index >= 15 is 0 Å². The molecule has 0 aliphatic heterocycles. The highest BCUT2D eigenvalue weighted by Crippen LogP contribution is 2.02. The first-order valence-corrected chi connectivity index (χ1v) is 7.54. The van der Waals surface area contributed by atoms with Crippen LogP contribution in [0.4, 0.5) is 0 Å². The van der Waals surface area contributed by atoms with Gasteiger partial charge in [-0.15, -0.1) is 0 Å². The van der Waals surface area contributed by atoms with Crippen LogP contribution in [0.15, 0.2) is 0 Å². The van der Waals surface area contributed by atoms with Crippen molar-refractivity contribution in [3.05, 3.63) is 0 Å². The monoisotopic (exact) mass is 379 g/mol. The van der Waals surface area contributed by atoms with Gasteiger partial charge in [0, 0.05) is 0 Å². The molecule has 0 aliphatic carbocycles. The van der Waals surface area contributed by atoms with Crippen molar-refractivity contribution in [2.24, 2.45) is 5.84 Å². The standard InChI is InChI=1S/C14H29N5O3.4CH4/c1-10(20)12(8-14(22)19-15)18-9-13(21)11(17-3)6-4-5-7-16-2;;;;/h11-12,16-18H,4-9,15H2,1-3H3,(H,19,22);4*1H4. The second-order valence-electron chi connectivity index (χ2n) is 5.22. The molecule has 8 heteroatoms. The molecule has 2 unspecified atom stereocenters. The average molecular weight is 380 g/mol. The van der Waals surface area contributed by atoms with Crippen molar-refractivity contribution in [1.82, 2.24) is 21.4 Å². The molecule has 160 valence electrons. The van der Waals surface area contributed by atoms with Gasteiger partial charge in [-0.05, 0) is 40.4 Å². The Morgan fingerprint density at radius 2 is 1.54 bits per heavy atom. The van der Waals surface area contributed by atoms with Crippen LogP contribution < -0.4 is 27.2 Å². The van der Waals surface area contributed by atoms with E-state index in [0.29, 0.717) is 0 Å². The zero-order valence-corrected chi connectivity index (χ0v) is 13.7. The number of nitrogens with one attached hydrogen (secondary N) is 4. The minimum absolute atomic E-state index is 0. The van der Waals surface area contributed by atoms with Crippen molar-refractivity contribution in [2.45, 2.75) is 74.4 Å². The van der Waals surface area contributed by atoms with Gasteiger partial charge in [-0.3, -0.25) is 19.8 Å². The lowest BCUT2D eigenvalue weighted by molar-refractivity contribution is -0.127. The van der Waals surface area contributed by atoms with Gasteiger partial charge in [0.2, 0.25) is 5.91 Å². The molecule has 0 aliphatic rings. The van der Waals surface area contributed by atoms with Crippen LogP contribution in [0, 0.1) is 0 Å². The van der Waals surface area contributed by atoms with Crippen LogP contribution in [0.1, 0.15) is 62.3 Å². The minimum Gasteiger partial charge on any atom is -0.320 e. The third kappa shape index (κ3) is 16.1. The number of amides is 1. The summed E-state index contributed by atoms with van der Waals surface area (Å²) < 4.78 is 0. The summed E-state index contributed by atoms with van der Waals surface area (Å²) in [5.41, 5.74) is 1.98. The number of carbonyl (C=O) groups excluding carboxylic acids is 3. The van der Waals surface area contributed by atoms with Gasteiger partial charge in [-0.25, -0.2) is 5.84 Å². The van der Waals surface area contributed by atoms with Gasteiger partial charge in [-0.1, -0.05) is 36.1 Å². The molecule has 0 bridgehead atoms. The number of rotatable bonds is 13. The molecule has 0 aromatic carbocycles. The molecule has 0 aromatic rings. The van der Waals surface area contributed by atoms with Crippen molar-refractivity contribution in [3.8, 4) is 0 Å². The van der Waals surface area contributed by atoms with Crippen molar-refractivity contribution < 1.29 is 14.4 Å². The number of ketones is 2. The molecule has 0 heterocycles. The Balaban J connectivity index is -0.000000367. The Hall–Kier alpha value is -1.35. The van der Waals surface area contributed by atoms with Crippen molar-refractivity contribution >= 4 is 17.5 Å². The quantitative estimate of drug-likeness (QED) is 0.140. The number of nitrogens with two attached hydrogens (primary N) is 1. The number of carbonyl (C=O) groups is 3. The molecule has 26 heavy (non-hydrogen) atoms. The van der Waals surface area contributed by atoms with Gasteiger partial charge in [-0.2, -0.15) is 0 Å². The van der Waals surface area contributed by atoms with Gasteiger partial charge in [0.25, 0.3) is 0 Å². The summed E-state index contributed by atoms with van der Waals surface area (Å²) in [6.45, 7) is 2.34. The first-order valence-electron chi connectivity index (χ1n) is 7.54. The maximum atomic E-state index is 12.1. The largest absolute Gasteiger partial charge is 0.320 e. The second kappa shape index (κ2) is 21.7. The van der Waals surface area contributed by atoms with Crippen LogP contribution in [0.2, 0.25) is 0 Å². The van der Waals surface area contributed by atoms with Crippen LogP contribution in [0.3, 0.4) is 0 Å². The molecule has 0 saturated carbocycles. The Bertz CT molecular complexity index is 365. The van der Waals surface area contributed by atoms with E-state index < -0.39 is 11.9 Å². The summed E-state index contributed by atoms with van der Waals surface area (Å²) in [5, 5.41) is 8.88. The zero-order valence-electron chi connectivity index (χ0n) is 13.7. The SMILES string of the molecule is C.C.C.C.CNCCCCC(NC)C(=O)CNC(CC(=O)NN)C(C)=O. The fourth-order valence-electron chi connectivity index (χ4n) is 2.07. The predicted molar refractivity (Wildman–Crippen MR) is 112 cm³/mol. The molecule has 0 radical (unpaired) electrons. The van der Waals surface area contributed by atoms with E-state index in [1.165, 1.54) is 6.92 Å². The van der Waals surface area contributed by atoms with Gasteiger partial charge in [0.15, 0.2) is 5.78 Å². The van der Waals surface area contributed by atoms with Crippen LogP contribution in [-0.4, -0.2) is 56.7 Å². The second-order valence-corrected chi connectivity index (χ2v) is 5.22. The summed E-state index contributed by atoms with van der Waals surface area (Å²) in [4.78, 5) is 34.8. The van der Waals surface area contributed by atoms with Gasteiger partial charge in [0.1, 0.15) is 5.78 Å². The van der Waals surface area contributed by atoms with Gasteiger partial charge in [0.05, 0.1) is 25.0 Å². The Morgan fingerprint density at radius 3 is 1.96 bits per heavy atom. The predicted octanol–water partition coefficient (Wildman–Crippen LogP) is 1.00. The average Bonchev–Trinajstić information content (AvgIpc) is 2.50. The van der Waals surface area contributed by atoms with Crippen LogP contribution in [0.25, 0.3) is 0 Å². The summed E-state index contributed by atoms with van der Waals surface area (Å²) in [7, 11) is 3.63. The fraction of sp³-hybridized carbons (Fsp3) is 0.833. The summed E-state index contributed by atoms with van der Waals surface area (Å²) in [5.74, 6) is 4.33. The minimum atomic E-state index is -0.700. The molecule has 2 atom stereocenters. The molecule has 1 amide bonds. The molecular weight excluding hydrogens is 334 g/mol. The van der Waals surface area contributed by atoms with Gasteiger partial charge < -0.3 is 16.0 Å². The summed E-state index contributed by atoms with van der Waals surface area (Å²) in [6, 6.07) is -0.949. The molecule has 0 saturated heterocycles. The van der Waals surface area contributed by atoms with Crippen molar-refractivity contribution in [2.75, 3.05) is 27.2 Å². The van der Waals surface area contributed by atoms with E-state index in [2.05, 4.69) is 16.0 Å². The number of hydrazine groups is 1. The molecule has 6 N–H and O–H groups in total. The third-order valence-corrected chi connectivity index (χ3v) is 3.47. The summed E-state index contributed by atoms with van der Waals surface area (Å²) >= 11 is 0. The molecule has 0 spiro atoms. The van der Waals surface area contributed by atoms with E-state index in [4.69, 9.17) is 5.84 Å². The highest BCUT2D eigenvalue weighted by molar-refractivity contribution is 5.90. The van der Waals surface area contributed by atoms with Crippen molar-refractivity contribution in [1.29, 1.82) is 0 Å². The fourth-order valence-corrected chi connectivity index (χ4v) is 2.07. The number of likely N-dealkylation sites (N-methyl/N-ethyl adjacent to an activating group) is 1. The molecule has 0 aromatic heterocycles. The van der Waals surface area contributed by atoms with Gasteiger partial charge >= 0.3 is 0 Å². The van der Waals surface area contributed by atoms with Crippen LogP contribution >= 0.6 is 0 Å². The summed E-state index contributed by atoms with van der Waals surface area (Å²) in [6.07, 6.45) is 2.60. The Labute approximate surface area is 161 Å². The Kier molecular flexibility index (Phi) is 29.8. The Morgan fingerprint density at radius 1 is 0.962 bits per heavy atom. The lowest BCUT2D eigenvalue weighted by atomic mass is 10.0. The number of unbranched alkanes of at least 4 members (excludes halogenated alkanes) is 1. The lowest BCUT2D eigenvalue weighted by Gasteiger charge is -2.18. The van der Waals surface area contributed by atoms with E-state index in [0.717, 1.165) is 25.8 Å². The van der Waals surface area contributed by atoms with E-state index in [1.54, 1.807) is 7.05 Å². The van der Waals surface area contributed by atoms with Crippen LogP contribution in [-0.2, 0) is 14.4 Å². The highest BCUT2D eigenvalue weighted by Gasteiger charge is 2.21.